The van der Waals surface area contributed by atoms with Crippen LogP contribution in [0, 0.1) is 0 Å². The molecule has 2 aromatic rings. The predicted molar refractivity (Wildman–Crippen MR) is 139 cm³/mol. The van der Waals surface area contributed by atoms with Gasteiger partial charge in [-0.1, -0.05) is 39.0 Å². The molecule has 7 heteroatoms. The van der Waals surface area contributed by atoms with E-state index in [0.717, 1.165) is 5.56 Å². The monoisotopic (exact) mass is 495 g/mol. The molecule has 0 spiro atoms. The molecule has 36 heavy (non-hydrogen) atoms. The Kier molecular flexibility index (Phi) is 8.46. The Morgan fingerprint density at radius 3 is 2.39 bits per heavy atom. The number of Topliss-reactive ketones (excluding diaryl/α,β-unsaturated/α-hetero) is 1. The number of carbonyl (C=O) groups is 2. The third-order valence-electron chi connectivity index (χ3n) is 6.01. The number of likely N-dealkylation sites (tertiary alicyclic amines) is 1. The number of rotatable bonds is 9. The molecular weight excluding hydrogens is 458 g/mol. The molecule has 1 aliphatic heterocycles. The minimum absolute atomic E-state index is 0.0277. The molecular formula is C29H37NO6. The van der Waals surface area contributed by atoms with Crippen LogP contribution < -0.4 is 9.47 Å². The van der Waals surface area contributed by atoms with E-state index in [1.165, 1.54) is 12.0 Å². The number of benzene rings is 2. The van der Waals surface area contributed by atoms with E-state index in [1.807, 2.05) is 45.0 Å². The van der Waals surface area contributed by atoms with Gasteiger partial charge in [0.2, 0.25) is 0 Å². The molecule has 1 heterocycles. The summed E-state index contributed by atoms with van der Waals surface area (Å²) < 4.78 is 17.0. The number of nitrogens with zero attached hydrogens (tertiary/aromatic N) is 1. The van der Waals surface area contributed by atoms with Crippen LogP contribution in [-0.4, -0.2) is 54.7 Å². The summed E-state index contributed by atoms with van der Waals surface area (Å²) in [6.45, 7) is 12.8. The van der Waals surface area contributed by atoms with Crippen molar-refractivity contribution in [1.29, 1.82) is 0 Å². The highest BCUT2D eigenvalue weighted by atomic mass is 16.5. The van der Waals surface area contributed by atoms with Crippen LogP contribution >= 0.6 is 0 Å². The molecule has 0 aliphatic carbocycles. The third kappa shape index (κ3) is 5.57. The Morgan fingerprint density at radius 2 is 1.78 bits per heavy atom. The topological polar surface area (TPSA) is 85.3 Å². The summed E-state index contributed by atoms with van der Waals surface area (Å²) in [5.74, 6) is -0.380. The third-order valence-corrected chi connectivity index (χ3v) is 6.01. The maximum atomic E-state index is 13.3. The fourth-order valence-corrected chi connectivity index (χ4v) is 4.39. The Bertz CT molecular complexity index is 1140. The summed E-state index contributed by atoms with van der Waals surface area (Å²) in [5, 5.41) is 11.5. The first-order valence-corrected chi connectivity index (χ1v) is 12.3. The minimum Gasteiger partial charge on any atom is -0.507 e. The molecule has 194 valence electrons. The number of methoxy groups -OCH3 is 1. The van der Waals surface area contributed by atoms with Crippen molar-refractivity contribution in [2.75, 3.05) is 26.9 Å². The van der Waals surface area contributed by atoms with Gasteiger partial charge in [-0.15, -0.1) is 0 Å². The lowest BCUT2D eigenvalue weighted by molar-refractivity contribution is -0.140. The normalized spacial score (nSPS) is 17.7. The van der Waals surface area contributed by atoms with Crippen molar-refractivity contribution in [1.82, 2.24) is 4.90 Å². The number of aliphatic hydroxyl groups is 1. The molecule has 1 saturated heterocycles. The predicted octanol–water partition coefficient (Wildman–Crippen LogP) is 5.24. The van der Waals surface area contributed by atoms with E-state index in [1.54, 1.807) is 18.2 Å². The van der Waals surface area contributed by atoms with Crippen molar-refractivity contribution in [3.05, 3.63) is 64.7 Å². The second-order valence-electron chi connectivity index (χ2n) is 10.1. The second kappa shape index (κ2) is 11.2. The van der Waals surface area contributed by atoms with Crippen molar-refractivity contribution in [3.8, 4) is 11.5 Å². The molecule has 1 amide bonds. The van der Waals surface area contributed by atoms with Gasteiger partial charge in [-0.2, -0.15) is 0 Å². The number of ether oxygens (including phenoxy) is 3. The summed E-state index contributed by atoms with van der Waals surface area (Å²) in [6, 6.07) is 11.8. The van der Waals surface area contributed by atoms with Gasteiger partial charge in [0.15, 0.2) is 0 Å². The van der Waals surface area contributed by atoms with E-state index in [9.17, 15) is 14.7 Å². The number of hydrogen-bond donors (Lipinski definition) is 1. The molecule has 1 N–H and O–H groups in total. The number of hydrogen-bond acceptors (Lipinski definition) is 6. The highest BCUT2D eigenvalue weighted by molar-refractivity contribution is 6.46. The van der Waals surface area contributed by atoms with Gasteiger partial charge < -0.3 is 24.2 Å². The molecule has 3 rings (SSSR count). The van der Waals surface area contributed by atoms with Gasteiger partial charge >= 0.3 is 0 Å². The van der Waals surface area contributed by atoms with Crippen LogP contribution in [0.2, 0.25) is 0 Å². The zero-order chi connectivity index (χ0) is 26.6. The summed E-state index contributed by atoms with van der Waals surface area (Å²) in [6.07, 6.45) is -0.118. The smallest absolute Gasteiger partial charge is 0.295 e. The van der Waals surface area contributed by atoms with Crippen molar-refractivity contribution in [2.24, 2.45) is 0 Å². The molecule has 0 aromatic heterocycles. The highest BCUT2D eigenvalue weighted by Crippen LogP contribution is 2.43. The Morgan fingerprint density at radius 1 is 1.08 bits per heavy atom. The van der Waals surface area contributed by atoms with E-state index in [4.69, 9.17) is 14.2 Å². The average molecular weight is 496 g/mol. The van der Waals surface area contributed by atoms with E-state index >= 15 is 0 Å². The lowest BCUT2D eigenvalue weighted by Gasteiger charge is -2.27. The summed E-state index contributed by atoms with van der Waals surface area (Å²) in [4.78, 5) is 27.9. The van der Waals surface area contributed by atoms with Crippen LogP contribution in [0.15, 0.2) is 48.0 Å². The number of para-hydroxylation sites is 1. The minimum atomic E-state index is -0.820. The lowest BCUT2D eigenvalue weighted by Crippen LogP contribution is -2.33. The first-order valence-electron chi connectivity index (χ1n) is 12.3. The first kappa shape index (κ1) is 27.3. The molecule has 7 nitrogen and oxygen atoms in total. The van der Waals surface area contributed by atoms with Gasteiger partial charge in [0.25, 0.3) is 11.7 Å². The van der Waals surface area contributed by atoms with Crippen LogP contribution in [-0.2, 0) is 19.7 Å². The van der Waals surface area contributed by atoms with Crippen molar-refractivity contribution in [2.45, 2.75) is 59.1 Å². The quantitative estimate of drug-likeness (QED) is 0.291. The number of ketones is 1. The SMILES string of the molecule is CCOc1ccc(/C(O)=C2\C(=O)C(=O)N(CCOC)C2c2ccccc2OC(C)C)cc1C(C)(C)C. The number of amides is 1. The molecule has 2 aromatic carbocycles. The molecule has 1 unspecified atom stereocenters. The van der Waals surface area contributed by atoms with Gasteiger partial charge in [-0.25, -0.2) is 0 Å². The largest absolute Gasteiger partial charge is 0.507 e. The van der Waals surface area contributed by atoms with Crippen LogP contribution in [0.25, 0.3) is 5.76 Å². The van der Waals surface area contributed by atoms with Gasteiger partial charge in [0.05, 0.1) is 30.9 Å². The van der Waals surface area contributed by atoms with E-state index in [0.29, 0.717) is 29.2 Å². The molecule has 1 aliphatic rings. The van der Waals surface area contributed by atoms with Crippen LogP contribution in [0.1, 0.15) is 64.3 Å². The molecule has 1 atom stereocenters. The lowest BCUT2D eigenvalue weighted by atomic mass is 9.84. The summed E-state index contributed by atoms with van der Waals surface area (Å²) >= 11 is 0. The standard InChI is InChI=1S/C29H37NO6/c1-8-35-23-14-13-19(17-21(23)29(4,5)6)26(31)24-25(30(15-16-34-7)28(33)27(24)32)20-11-9-10-12-22(20)36-18(2)3/h9-14,17-18,25,31H,8,15-16H2,1-7H3/b26-24+. The van der Waals surface area contributed by atoms with Gasteiger partial charge in [0.1, 0.15) is 17.3 Å². The van der Waals surface area contributed by atoms with E-state index in [-0.39, 0.29) is 36.0 Å². The van der Waals surface area contributed by atoms with Crippen molar-refractivity contribution < 1.29 is 28.9 Å². The number of aliphatic hydroxyl groups excluding tert-OH is 1. The van der Waals surface area contributed by atoms with Crippen molar-refractivity contribution >= 4 is 17.4 Å². The second-order valence-corrected chi connectivity index (χ2v) is 10.1. The van der Waals surface area contributed by atoms with Gasteiger partial charge in [0, 0.05) is 30.3 Å². The average Bonchev–Trinajstić information content (AvgIpc) is 3.06. The highest BCUT2D eigenvalue weighted by Gasteiger charge is 2.47. The Balaban J connectivity index is 2.25. The van der Waals surface area contributed by atoms with Crippen LogP contribution in [0.4, 0.5) is 0 Å². The van der Waals surface area contributed by atoms with Gasteiger partial charge in [-0.3, -0.25) is 9.59 Å². The van der Waals surface area contributed by atoms with Crippen molar-refractivity contribution in [3.63, 3.8) is 0 Å². The van der Waals surface area contributed by atoms with Crippen LogP contribution in [0.3, 0.4) is 0 Å². The van der Waals surface area contributed by atoms with Gasteiger partial charge in [-0.05, 0) is 50.5 Å². The van der Waals surface area contributed by atoms with Crippen LogP contribution in [0.5, 0.6) is 11.5 Å². The zero-order valence-electron chi connectivity index (χ0n) is 22.3. The fourth-order valence-electron chi connectivity index (χ4n) is 4.39. The van der Waals surface area contributed by atoms with E-state index < -0.39 is 17.7 Å². The molecule has 1 fully saturated rings. The molecule has 0 radical (unpaired) electrons. The summed E-state index contributed by atoms with van der Waals surface area (Å²) in [5.41, 5.74) is 1.72. The summed E-state index contributed by atoms with van der Waals surface area (Å²) in [7, 11) is 1.54. The first-order chi connectivity index (χ1) is 17.0. The Labute approximate surface area is 213 Å². The maximum absolute atomic E-state index is 13.3. The molecule has 0 bridgehead atoms. The number of carbonyl (C=O) groups excluding carboxylic acids is 2. The zero-order valence-corrected chi connectivity index (χ0v) is 22.3. The fraction of sp³-hybridized carbons (Fsp3) is 0.448. The Hall–Kier alpha value is -3.32. The maximum Gasteiger partial charge on any atom is 0.295 e. The van der Waals surface area contributed by atoms with E-state index in [2.05, 4.69) is 20.8 Å². The molecule has 0 saturated carbocycles.